The summed E-state index contributed by atoms with van der Waals surface area (Å²) in [5.74, 6) is -2.13. The molecular weight excluding hydrogens is 580 g/mol. The molecule has 0 saturated heterocycles. The third-order valence-electron chi connectivity index (χ3n) is 8.21. The molecular formula is C32H28F4N4O4. The van der Waals surface area contributed by atoms with Crippen LogP contribution < -0.4 is 20.5 Å². The Bertz CT molecular complexity index is 1760. The molecule has 3 heterocycles. The zero-order valence-corrected chi connectivity index (χ0v) is 23.6. The van der Waals surface area contributed by atoms with Crippen LogP contribution in [0.15, 0.2) is 54.7 Å². The van der Waals surface area contributed by atoms with Crippen molar-refractivity contribution in [2.75, 3.05) is 19.8 Å². The van der Waals surface area contributed by atoms with Gasteiger partial charge in [-0.2, -0.15) is 8.78 Å². The van der Waals surface area contributed by atoms with E-state index in [1.54, 1.807) is 25.1 Å². The Hall–Kier alpha value is -4.74. The van der Waals surface area contributed by atoms with E-state index in [0.717, 1.165) is 18.4 Å². The first-order valence-corrected chi connectivity index (χ1v) is 14.0. The Morgan fingerprint density at radius 1 is 1.16 bits per heavy atom. The summed E-state index contributed by atoms with van der Waals surface area (Å²) in [6, 6.07) is 11.6. The minimum absolute atomic E-state index is 0.0996. The molecule has 228 valence electrons. The molecule has 6 rings (SSSR count). The number of primary amides is 1. The highest BCUT2D eigenvalue weighted by Crippen LogP contribution is 2.48. The van der Waals surface area contributed by atoms with Gasteiger partial charge >= 0.3 is 6.61 Å². The predicted octanol–water partition coefficient (Wildman–Crippen LogP) is 5.35. The number of alkyl halides is 3. The average molecular weight is 609 g/mol. The Labute approximate surface area is 249 Å². The molecule has 0 unspecified atom stereocenters. The SMILES string of the molecule is Cc1cnc2c(OC(F)F)cc(C(=O)NC[C@H](c3cc4c(c(-c5ccc(F)cc5)n3)OC[C@]4(CF)C(N)=O)C3CC3)cc2c1. The molecule has 0 spiro atoms. The number of ether oxygens (including phenoxy) is 2. The Morgan fingerprint density at radius 2 is 1.91 bits per heavy atom. The second-order valence-corrected chi connectivity index (χ2v) is 11.2. The van der Waals surface area contributed by atoms with Crippen LogP contribution in [0, 0.1) is 18.7 Å². The van der Waals surface area contributed by atoms with E-state index in [9.17, 15) is 27.2 Å². The normalized spacial score (nSPS) is 18.1. The number of hydrogen-bond donors (Lipinski definition) is 2. The van der Waals surface area contributed by atoms with Crippen LogP contribution in [0.3, 0.4) is 0 Å². The molecule has 1 aliphatic carbocycles. The van der Waals surface area contributed by atoms with Gasteiger partial charge in [-0.25, -0.2) is 13.8 Å². The fraction of sp³-hybridized carbons (Fsp3) is 0.312. The zero-order chi connectivity index (χ0) is 31.2. The van der Waals surface area contributed by atoms with E-state index in [0.29, 0.717) is 22.3 Å². The summed E-state index contributed by atoms with van der Waals surface area (Å²) < 4.78 is 65.0. The van der Waals surface area contributed by atoms with E-state index in [-0.39, 0.29) is 53.1 Å². The smallest absolute Gasteiger partial charge is 0.387 e. The van der Waals surface area contributed by atoms with Crippen LogP contribution in [0.25, 0.3) is 22.2 Å². The minimum Gasteiger partial charge on any atom is -0.489 e. The summed E-state index contributed by atoms with van der Waals surface area (Å²) >= 11 is 0. The monoisotopic (exact) mass is 608 g/mol. The Kier molecular flexibility index (Phi) is 7.60. The molecule has 2 aliphatic rings. The number of aromatic nitrogens is 2. The Morgan fingerprint density at radius 3 is 2.57 bits per heavy atom. The number of rotatable bonds is 10. The van der Waals surface area contributed by atoms with Gasteiger partial charge in [0.2, 0.25) is 5.91 Å². The van der Waals surface area contributed by atoms with Crippen LogP contribution in [-0.4, -0.2) is 48.2 Å². The van der Waals surface area contributed by atoms with Crippen molar-refractivity contribution in [1.29, 1.82) is 0 Å². The van der Waals surface area contributed by atoms with E-state index in [2.05, 4.69) is 15.0 Å². The van der Waals surface area contributed by atoms with Crippen LogP contribution >= 0.6 is 0 Å². The predicted molar refractivity (Wildman–Crippen MR) is 153 cm³/mol. The van der Waals surface area contributed by atoms with Crippen molar-refractivity contribution in [3.63, 3.8) is 0 Å². The summed E-state index contributed by atoms with van der Waals surface area (Å²) in [4.78, 5) is 34.9. The highest BCUT2D eigenvalue weighted by Gasteiger charge is 2.49. The summed E-state index contributed by atoms with van der Waals surface area (Å²) in [5.41, 5.74) is 6.55. The summed E-state index contributed by atoms with van der Waals surface area (Å²) in [5, 5.41) is 3.34. The van der Waals surface area contributed by atoms with E-state index < -0.39 is 36.3 Å². The lowest BCUT2D eigenvalue weighted by Gasteiger charge is -2.23. The Balaban J connectivity index is 1.36. The van der Waals surface area contributed by atoms with Gasteiger partial charge < -0.3 is 20.5 Å². The number of nitrogens with two attached hydrogens (primary N) is 1. The fourth-order valence-electron chi connectivity index (χ4n) is 5.66. The fourth-order valence-corrected chi connectivity index (χ4v) is 5.66. The molecule has 1 aliphatic heterocycles. The lowest BCUT2D eigenvalue weighted by Crippen LogP contribution is -2.44. The van der Waals surface area contributed by atoms with Crippen LogP contribution in [0.5, 0.6) is 11.5 Å². The van der Waals surface area contributed by atoms with Crippen molar-refractivity contribution in [3.05, 3.63) is 82.9 Å². The van der Waals surface area contributed by atoms with E-state index in [1.165, 1.54) is 36.5 Å². The van der Waals surface area contributed by atoms with Gasteiger partial charge in [0.15, 0.2) is 5.75 Å². The number of aryl methyl sites for hydroxylation is 1. The van der Waals surface area contributed by atoms with Crippen LogP contribution in [0.4, 0.5) is 17.6 Å². The molecule has 2 aromatic carbocycles. The zero-order valence-electron chi connectivity index (χ0n) is 23.6. The van der Waals surface area contributed by atoms with Gasteiger partial charge in [0.05, 0.1) is 0 Å². The average Bonchev–Trinajstić information content (AvgIpc) is 3.76. The molecule has 2 atom stereocenters. The topological polar surface area (TPSA) is 116 Å². The first-order valence-electron chi connectivity index (χ1n) is 14.0. The van der Waals surface area contributed by atoms with Crippen molar-refractivity contribution in [2.24, 2.45) is 11.7 Å². The van der Waals surface area contributed by atoms with Gasteiger partial charge in [-0.15, -0.1) is 0 Å². The molecule has 2 amide bonds. The number of hydrogen-bond acceptors (Lipinski definition) is 6. The lowest BCUT2D eigenvalue weighted by molar-refractivity contribution is -0.124. The van der Waals surface area contributed by atoms with Crippen molar-refractivity contribution in [2.45, 2.75) is 37.7 Å². The number of fused-ring (bicyclic) bond motifs is 2. The van der Waals surface area contributed by atoms with E-state index in [1.807, 2.05) is 0 Å². The third kappa shape index (κ3) is 5.40. The maximum absolute atomic E-state index is 14.5. The number of benzene rings is 2. The lowest BCUT2D eigenvalue weighted by atomic mass is 9.81. The van der Waals surface area contributed by atoms with Crippen LogP contribution in [-0.2, 0) is 10.2 Å². The molecule has 1 saturated carbocycles. The summed E-state index contributed by atoms with van der Waals surface area (Å²) in [6.45, 7) is -2.62. The van der Waals surface area contributed by atoms with Gasteiger partial charge in [0.1, 0.15) is 41.5 Å². The van der Waals surface area contributed by atoms with Crippen molar-refractivity contribution in [1.82, 2.24) is 15.3 Å². The largest absolute Gasteiger partial charge is 0.489 e. The first kappa shape index (κ1) is 29.3. The number of nitrogens with zero attached hydrogens (tertiary/aromatic N) is 2. The molecule has 1 fully saturated rings. The van der Waals surface area contributed by atoms with Crippen molar-refractivity contribution < 1.29 is 36.6 Å². The summed E-state index contributed by atoms with van der Waals surface area (Å²) in [7, 11) is 0. The molecule has 0 radical (unpaired) electrons. The van der Waals surface area contributed by atoms with Gasteiger partial charge in [-0.05, 0) is 79.8 Å². The van der Waals surface area contributed by atoms with Crippen LogP contribution in [0.1, 0.15) is 45.9 Å². The molecule has 0 bridgehead atoms. The van der Waals surface area contributed by atoms with Gasteiger partial charge in [0, 0.05) is 46.4 Å². The number of amides is 2. The number of pyridine rings is 2. The summed E-state index contributed by atoms with van der Waals surface area (Å²) in [6.07, 6.45) is 3.21. The molecule has 44 heavy (non-hydrogen) atoms. The maximum atomic E-state index is 14.5. The number of carbonyl (C=O) groups excluding carboxylic acids is 2. The van der Waals surface area contributed by atoms with Gasteiger partial charge in [-0.1, -0.05) is 0 Å². The highest BCUT2D eigenvalue weighted by molar-refractivity contribution is 6.00. The highest BCUT2D eigenvalue weighted by atomic mass is 19.3. The molecule has 2 aromatic heterocycles. The molecule has 4 aromatic rings. The number of halogens is 4. The number of nitrogens with one attached hydrogen (secondary N) is 1. The molecule has 3 N–H and O–H groups in total. The second-order valence-electron chi connectivity index (χ2n) is 11.2. The molecule has 8 nitrogen and oxygen atoms in total. The van der Waals surface area contributed by atoms with Gasteiger partial charge in [-0.3, -0.25) is 14.6 Å². The quantitative estimate of drug-likeness (QED) is 0.235. The van der Waals surface area contributed by atoms with Crippen LogP contribution in [0.2, 0.25) is 0 Å². The molecule has 12 heteroatoms. The van der Waals surface area contributed by atoms with E-state index >= 15 is 0 Å². The van der Waals surface area contributed by atoms with Crippen molar-refractivity contribution >= 4 is 22.7 Å². The van der Waals surface area contributed by atoms with E-state index in [4.69, 9.17) is 15.5 Å². The third-order valence-corrected chi connectivity index (χ3v) is 8.21. The first-order chi connectivity index (χ1) is 21.1. The maximum Gasteiger partial charge on any atom is 0.387 e. The minimum atomic E-state index is -3.11. The standard InChI is InChI=1S/C32H28F4N4O4/c1-16-8-19-9-20(10-25(44-31(35)36)26(19)38-12-16)29(41)39-13-22(17-2-3-17)24-11-23-28(43-15-32(23,14-33)30(37)42)27(40-24)18-4-6-21(34)7-5-18/h4-12,17,22,31H,2-3,13-15H2,1H3,(H2,37,42)(H,39,41)/t22-,32-/m0/s1. The number of carbonyl (C=O) groups is 2. The van der Waals surface area contributed by atoms with Gasteiger partial charge in [0.25, 0.3) is 5.91 Å². The second kappa shape index (κ2) is 11.4. The van der Waals surface area contributed by atoms with Crippen molar-refractivity contribution in [3.8, 4) is 22.8 Å².